The van der Waals surface area contributed by atoms with Crippen molar-refractivity contribution in [2.45, 2.75) is 32.8 Å². The highest BCUT2D eigenvalue weighted by atomic mass is 32.1. The van der Waals surface area contributed by atoms with Gasteiger partial charge in [-0.2, -0.15) is 5.10 Å². The van der Waals surface area contributed by atoms with E-state index in [9.17, 15) is 4.79 Å². The molecule has 4 N–H and O–H groups in total. The average molecular weight is 382 g/mol. The van der Waals surface area contributed by atoms with Gasteiger partial charge in [0.15, 0.2) is 11.9 Å². The number of hydrazone groups is 1. The number of nitrogens with zero attached hydrogens (tertiary/aromatic N) is 1. The first-order valence-corrected chi connectivity index (χ1v) is 8.43. The molecule has 1 aromatic rings. The fourth-order valence-corrected chi connectivity index (χ4v) is 1.92. The molecule has 0 aliphatic rings. The van der Waals surface area contributed by atoms with E-state index in [0.717, 1.165) is 5.56 Å². The van der Waals surface area contributed by atoms with Crippen LogP contribution in [-0.2, 0) is 9.47 Å². The lowest BCUT2D eigenvalue weighted by molar-refractivity contribution is 0.0510. The largest absolute Gasteiger partial charge is 0.468 e. The van der Waals surface area contributed by atoms with Gasteiger partial charge >= 0.3 is 6.09 Å². The van der Waals surface area contributed by atoms with Gasteiger partial charge in [-0.1, -0.05) is 12.1 Å². The highest BCUT2D eigenvalue weighted by Crippen LogP contribution is 2.15. The molecular weight excluding hydrogens is 356 g/mol. The molecule has 0 aliphatic heterocycles. The maximum atomic E-state index is 11.8. The normalized spacial score (nSPS) is 11.6. The van der Waals surface area contributed by atoms with Gasteiger partial charge in [0.2, 0.25) is 0 Å². The number of hydrogen-bond acceptors (Lipinski definition) is 6. The number of benzene rings is 1. The first kappa shape index (κ1) is 21.7. The third-order valence-electron chi connectivity index (χ3n) is 2.84. The van der Waals surface area contributed by atoms with E-state index < -0.39 is 11.7 Å². The Balaban J connectivity index is 2.78. The lowest BCUT2D eigenvalue weighted by atomic mass is 10.1. The molecule has 0 bridgehead atoms. The molecule has 0 aliphatic carbocycles. The maximum absolute atomic E-state index is 11.8. The Bertz CT molecular complexity index is 644. The highest BCUT2D eigenvalue weighted by Gasteiger charge is 2.16. The molecule has 0 unspecified atom stereocenters. The number of ether oxygens (including phenoxy) is 3. The number of amides is 1. The Morgan fingerprint density at radius 1 is 1.35 bits per heavy atom. The van der Waals surface area contributed by atoms with Gasteiger partial charge in [-0.3, -0.25) is 5.43 Å². The minimum atomic E-state index is -0.554. The Hall–Kier alpha value is -2.39. The van der Waals surface area contributed by atoms with Crippen LogP contribution < -0.4 is 21.2 Å². The van der Waals surface area contributed by atoms with Crippen LogP contribution in [0.3, 0.4) is 0 Å². The third-order valence-corrected chi connectivity index (χ3v) is 2.93. The van der Waals surface area contributed by atoms with Gasteiger partial charge < -0.3 is 25.3 Å². The van der Waals surface area contributed by atoms with Crippen molar-refractivity contribution in [1.82, 2.24) is 10.7 Å². The minimum absolute atomic E-state index is 0.0504. The number of nitrogens with two attached hydrogens (primary N) is 1. The second kappa shape index (κ2) is 10.6. The van der Waals surface area contributed by atoms with Crippen LogP contribution in [0.15, 0.2) is 29.4 Å². The molecule has 0 heterocycles. The van der Waals surface area contributed by atoms with E-state index in [-0.39, 0.29) is 11.9 Å². The molecule has 1 rings (SSSR count). The topological polar surface area (TPSA) is 107 Å². The van der Waals surface area contributed by atoms with E-state index in [1.165, 1.54) is 0 Å². The molecule has 0 radical (unpaired) electrons. The SMILES string of the molecule is COCOc1cccc(C(CCNC(=O)OC(C)(C)C)=NNC(N)=S)c1. The summed E-state index contributed by atoms with van der Waals surface area (Å²) in [5.41, 5.74) is 8.91. The summed E-state index contributed by atoms with van der Waals surface area (Å²) in [5.74, 6) is 0.632. The first-order chi connectivity index (χ1) is 12.2. The van der Waals surface area contributed by atoms with Crippen molar-refractivity contribution in [3.63, 3.8) is 0 Å². The van der Waals surface area contributed by atoms with Crippen LogP contribution in [0.1, 0.15) is 32.8 Å². The van der Waals surface area contributed by atoms with Crippen LogP contribution in [-0.4, -0.2) is 43.0 Å². The molecule has 0 saturated carbocycles. The van der Waals surface area contributed by atoms with Crippen molar-refractivity contribution in [2.24, 2.45) is 10.8 Å². The first-order valence-electron chi connectivity index (χ1n) is 8.02. The molecule has 0 spiro atoms. The zero-order valence-electron chi connectivity index (χ0n) is 15.5. The van der Waals surface area contributed by atoms with Crippen LogP contribution >= 0.6 is 12.2 Å². The Morgan fingerprint density at radius 3 is 2.69 bits per heavy atom. The highest BCUT2D eigenvalue weighted by molar-refractivity contribution is 7.80. The van der Waals surface area contributed by atoms with E-state index in [1.807, 2.05) is 18.2 Å². The van der Waals surface area contributed by atoms with Crippen LogP contribution in [0.4, 0.5) is 4.79 Å². The predicted octanol–water partition coefficient (Wildman–Crippen LogP) is 2.12. The van der Waals surface area contributed by atoms with Crippen molar-refractivity contribution < 1.29 is 19.0 Å². The standard InChI is InChI=1S/C17H26N4O4S/c1-17(2,3)25-16(22)19-9-8-14(20-21-15(18)26)12-6-5-7-13(10-12)24-11-23-4/h5-7,10H,8-9,11H2,1-4H3,(H,19,22)(H3,18,21,26). The summed E-state index contributed by atoms with van der Waals surface area (Å²) < 4.78 is 15.5. The van der Waals surface area contributed by atoms with Crippen molar-refractivity contribution in [3.05, 3.63) is 29.8 Å². The number of methoxy groups -OCH3 is 1. The van der Waals surface area contributed by atoms with Gasteiger partial charge in [0.25, 0.3) is 0 Å². The van der Waals surface area contributed by atoms with Gasteiger partial charge in [-0.25, -0.2) is 4.79 Å². The molecule has 8 nitrogen and oxygen atoms in total. The van der Waals surface area contributed by atoms with E-state index >= 15 is 0 Å². The fourth-order valence-electron chi connectivity index (χ4n) is 1.88. The second-order valence-electron chi connectivity index (χ2n) is 6.29. The van der Waals surface area contributed by atoms with Gasteiger partial charge in [0.1, 0.15) is 11.4 Å². The molecule has 0 fully saturated rings. The predicted molar refractivity (Wildman–Crippen MR) is 104 cm³/mol. The van der Waals surface area contributed by atoms with E-state index in [1.54, 1.807) is 33.9 Å². The minimum Gasteiger partial charge on any atom is -0.468 e. The average Bonchev–Trinajstić information content (AvgIpc) is 2.54. The third kappa shape index (κ3) is 9.19. The number of nitrogens with one attached hydrogen (secondary N) is 2. The Labute approximate surface area is 159 Å². The van der Waals surface area contributed by atoms with Crippen LogP contribution in [0.5, 0.6) is 5.75 Å². The number of carbonyl (C=O) groups excluding carboxylic acids is 1. The van der Waals surface area contributed by atoms with E-state index in [2.05, 4.69) is 15.8 Å². The molecule has 1 amide bonds. The van der Waals surface area contributed by atoms with Crippen molar-refractivity contribution in [1.29, 1.82) is 0 Å². The summed E-state index contributed by atoms with van der Waals surface area (Å²) in [7, 11) is 1.55. The Kier molecular flexibility index (Phi) is 8.80. The van der Waals surface area contributed by atoms with Crippen molar-refractivity contribution in [2.75, 3.05) is 20.4 Å². The summed E-state index contributed by atoms with van der Waals surface area (Å²) in [6.45, 7) is 5.88. The molecule has 9 heteroatoms. The zero-order chi connectivity index (χ0) is 19.6. The van der Waals surface area contributed by atoms with Gasteiger partial charge in [-0.05, 0) is 45.1 Å². The smallest absolute Gasteiger partial charge is 0.407 e. The van der Waals surface area contributed by atoms with Crippen molar-refractivity contribution >= 4 is 29.1 Å². The van der Waals surface area contributed by atoms with E-state index in [4.69, 9.17) is 32.2 Å². The quantitative estimate of drug-likeness (QED) is 0.274. The number of thiocarbonyl (C=S) groups is 1. The molecule has 26 heavy (non-hydrogen) atoms. The molecule has 144 valence electrons. The van der Waals surface area contributed by atoms with Gasteiger partial charge in [0.05, 0.1) is 5.71 Å². The molecule has 0 aromatic heterocycles. The van der Waals surface area contributed by atoms with Gasteiger partial charge in [-0.15, -0.1) is 0 Å². The summed E-state index contributed by atoms with van der Waals surface area (Å²) in [6.07, 6.45) is -0.0564. The number of alkyl carbamates (subject to hydrolysis) is 1. The van der Waals surface area contributed by atoms with Crippen molar-refractivity contribution in [3.8, 4) is 5.75 Å². The van der Waals surface area contributed by atoms with Crippen LogP contribution in [0.2, 0.25) is 0 Å². The van der Waals surface area contributed by atoms with E-state index in [0.29, 0.717) is 24.4 Å². The zero-order valence-corrected chi connectivity index (χ0v) is 16.3. The Morgan fingerprint density at radius 2 is 2.08 bits per heavy atom. The molecular formula is C17H26N4O4S. The summed E-state index contributed by atoms with van der Waals surface area (Å²) >= 11 is 4.79. The number of hydrogen-bond donors (Lipinski definition) is 3. The van der Waals surface area contributed by atoms with Gasteiger partial charge in [0, 0.05) is 25.6 Å². The molecule has 0 saturated heterocycles. The number of rotatable bonds is 8. The summed E-state index contributed by atoms with van der Waals surface area (Å²) in [4.78, 5) is 11.8. The second-order valence-corrected chi connectivity index (χ2v) is 6.73. The maximum Gasteiger partial charge on any atom is 0.407 e. The van der Waals surface area contributed by atoms with Crippen LogP contribution in [0.25, 0.3) is 0 Å². The molecule has 1 aromatic carbocycles. The number of carbonyl (C=O) groups is 1. The molecule has 0 atom stereocenters. The summed E-state index contributed by atoms with van der Waals surface area (Å²) in [5, 5.41) is 6.95. The monoisotopic (exact) mass is 382 g/mol. The summed E-state index contributed by atoms with van der Waals surface area (Å²) in [6, 6.07) is 7.32. The van der Waals surface area contributed by atoms with Crippen LogP contribution in [0, 0.1) is 0 Å². The lowest BCUT2D eigenvalue weighted by Crippen LogP contribution is -2.34. The fraction of sp³-hybridized carbons (Fsp3) is 0.471. The lowest BCUT2D eigenvalue weighted by Gasteiger charge is -2.19.